The minimum absolute atomic E-state index is 0.790. The second-order valence-electron chi connectivity index (χ2n) is 3.11. The molecule has 0 atom stereocenters. The van der Waals surface area contributed by atoms with E-state index in [1.54, 1.807) is 7.11 Å². The maximum atomic E-state index is 5.10. The fourth-order valence-electron chi connectivity index (χ4n) is 1.43. The van der Waals surface area contributed by atoms with E-state index >= 15 is 0 Å². The van der Waals surface area contributed by atoms with Crippen LogP contribution in [0, 0.1) is 0 Å². The van der Waals surface area contributed by atoms with Gasteiger partial charge in [-0.15, -0.1) is 0 Å². The van der Waals surface area contributed by atoms with Crippen molar-refractivity contribution in [2.24, 2.45) is 10.2 Å². The van der Waals surface area contributed by atoms with Gasteiger partial charge in [-0.25, -0.2) is 0 Å². The molecule has 1 aromatic carbocycles. The molecule has 72 valence electrons. The van der Waals surface area contributed by atoms with Crippen molar-refractivity contribution in [3.05, 3.63) is 36.0 Å². The van der Waals surface area contributed by atoms with Crippen LogP contribution in [0.5, 0.6) is 5.75 Å². The molecule has 0 amide bonds. The Bertz CT molecular complexity index is 365. The summed E-state index contributed by atoms with van der Waals surface area (Å²) >= 11 is 0. The van der Waals surface area contributed by atoms with Crippen molar-refractivity contribution in [1.82, 2.24) is 0 Å². The lowest BCUT2D eigenvalue weighted by molar-refractivity contribution is 0.415. The van der Waals surface area contributed by atoms with Crippen LogP contribution in [0.4, 0.5) is 0 Å². The normalized spacial score (nSPS) is 15.1. The van der Waals surface area contributed by atoms with Crippen LogP contribution in [0.1, 0.15) is 12.0 Å². The number of benzene rings is 1. The Morgan fingerprint density at radius 1 is 1.21 bits per heavy atom. The summed E-state index contributed by atoms with van der Waals surface area (Å²) < 4.78 is 5.10. The molecule has 3 nitrogen and oxygen atoms in total. The van der Waals surface area contributed by atoms with Gasteiger partial charge in [-0.3, -0.25) is 0 Å². The summed E-state index contributed by atoms with van der Waals surface area (Å²) in [7, 11) is 1.67. The average molecular weight is 188 g/mol. The van der Waals surface area contributed by atoms with Crippen molar-refractivity contribution < 1.29 is 4.74 Å². The molecule has 0 fully saturated rings. The molecular weight excluding hydrogens is 176 g/mol. The van der Waals surface area contributed by atoms with Gasteiger partial charge in [0.1, 0.15) is 5.75 Å². The summed E-state index contributed by atoms with van der Waals surface area (Å²) in [5.74, 6) is 0.881. The van der Waals surface area contributed by atoms with Crippen molar-refractivity contribution in [1.29, 1.82) is 0 Å². The van der Waals surface area contributed by atoms with E-state index in [2.05, 4.69) is 10.2 Å². The number of nitrogens with zero attached hydrogens (tertiary/aromatic N) is 2. The lowest BCUT2D eigenvalue weighted by atomic mass is 10.0. The number of hydrogen-bond acceptors (Lipinski definition) is 3. The number of hydrogen-bond donors (Lipinski definition) is 0. The lowest BCUT2D eigenvalue weighted by Gasteiger charge is -2.08. The maximum Gasteiger partial charge on any atom is 0.118 e. The number of methoxy groups -OCH3 is 1. The summed E-state index contributed by atoms with van der Waals surface area (Å²) in [5.41, 5.74) is 2.44. The Labute approximate surface area is 83.1 Å². The highest BCUT2D eigenvalue weighted by atomic mass is 16.5. The van der Waals surface area contributed by atoms with E-state index in [1.807, 2.05) is 30.5 Å². The zero-order chi connectivity index (χ0) is 9.80. The standard InChI is InChI=1S/C11H12N2O/c1-14-11-4-2-9(3-5-11)10-6-7-12-13-8-10/h2-5,8H,6-7H2,1H3. The molecule has 0 spiro atoms. The summed E-state index contributed by atoms with van der Waals surface area (Å²) in [6, 6.07) is 8.01. The molecule has 0 N–H and O–H groups in total. The summed E-state index contributed by atoms with van der Waals surface area (Å²) in [6.07, 6.45) is 2.79. The van der Waals surface area contributed by atoms with Gasteiger partial charge in [-0.05, 0) is 29.7 Å². The van der Waals surface area contributed by atoms with Crippen LogP contribution < -0.4 is 4.74 Å². The van der Waals surface area contributed by atoms with Gasteiger partial charge in [0.15, 0.2) is 0 Å². The Kier molecular flexibility index (Phi) is 2.58. The van der Waals surface area contributed by atoms with Gasteiger partial charge in [-0.2, -0.15) is 10.2 Å². The molecule has 1 aliphatic rings. The third kappa shape index (κ3) is 1.82. The number of azo groups is 1. The van der Waals surface area contributed by atoms with E-state index in [4.69, 9.17) is 4.74 Å². The van der Waals surface area contributed by atoms with Crippen molar-refractivity contribution >= 4 is 5.57 Å². The van der Waals surface area contributed by atoms with E-state index in [0.717, 1.165) is 18.7 Å². The van der Waals surface area contributed by atoms with E-state index in [0.29, 0.717) is 0 Å². The minimum Gasteiger partial charge on any atom is -0.497 e. The quantitative estimate of drug-likeness (QED) is 0.702. The molecule has 0 bridgehead atoms. The molecule has 1 aliphatic heterocycles. The second kappa shape index (κ2) is 4.05. The van der Waals surface area contributed by atoms with Crippen LogP contribution in [0.15, 0.2) is 40.7 Å². The molecule has 0 aromatic heterocycles. The maximum absolute atomic E-state index is 5.10. The predicted molar refractivity (Wildman–Crippen MR) is 55.3 cm³/mol. The average Bonchev–Trinajstić information content (AvgIpc) is 2.30. The summed E-state index contributed by atoms with van der Waals surface area (Å²) in [6.45, 7) is 0.790. The highest BCUT2D eigenvalue weighted by Gasteiger charge is 2.04. The van der Waals surface area contributed by atoms with Crippen molar-refractivity contribution in [3.63, 3.8) is 0 Å². The fourth-order valence-corrected chi connectivity index (χ4v) is 1.43. The molecule has 2 rings (SSSR count). The van der Waals surface area contributed by atoms with Crippen LogP contribution in [0.2, 0.25) is 0 Å². The van der Waals surface area contributed by atoms with Gasteiger partial charge in [-0.1, -0.05) is 12.1 Å². The molecule has 0 aliphatic carbocycles. The van der Waals surface area contributed by atoms with Crippen molar-refractivity contribution in [2.45, 2.75) is 6.42 Å². The largest absolute Gasteiger partial charge is 0.497 e. The van der Waals surface area contributed by atoms with Crippen LogP contribution in [-0.4, -0.2) is 13.7 Å². The van der Waals surface area contributed by atoms with E-state index < -0.39 is 0 Å². The Balaban J connectivity index is 2.24. The summed E-state index contributed by atoms with van der Waals surface area (Å²) in [4.78, 5) is 0. The molecule has 0 saturated carbocycles. The number of ether oxygens (including phenoxy) is 1. The minimum atomic E-state index is 0.790. The third-order valence-corrected chi connectivity index (χ3v) is 2.24. The van der Waals surface area contributed by atoms with Gasteiger partial charge < -0.3 is 4.74 Å². The lowest BCUT2D eigenvalue weighted by Crippen LogP contribution is -1.91. The first-order valence-electron chi connectivity index (χ1n) is 4.60. The Morgan fingerprint density at radius 3 is 2.57 bits per heavy atom. The highest BCUT2D eigenvalue weighted by Crippen LogP contribution is 2.23. The van der Waals surface area contributed by atoms with Gasteiger partial charge in [0.05, 0.1) is 19.9 Å². The molecule has 0 radical (unpaired) electrons. The van der Waals surface area contributed by atoms with Crippen molar-refractivity contribution in [2.75, 3.05) is 13.7 Å². The van der Waals surface area contributed by atoms with Crippen LogP contribution >= 0.6 is 0 Å². The molecule has 14 heavy (non-hydrogen) atoms. The van der Waals surface area contributed by atoms with Crippen molar-refractivity contribution in [3.8, 4) is 5.75 Å². The second-order valence-corrected chi connectivity index (χ2v) is 3.11. The molecular formula is C11H12N2O. The number of rotatable bonds is 2. The molecule has 1 heterocycles. The van der Waals surface area contributed by atoms with E-state index in [-0.39, 0.29) is 0 Å². The third-order valence-electron chi connectivity index (χ3n) is 2.24. The van der Waals surface area contributed by atoms with Crippen LogP contribution in [0.3, 0.4) is 0 Å². The van der Waals surface area contributed by atoms with E-state index in [1.165, 1.54) is 11.1 Å². The fraction of sp³-hybridized carbons (Fsp3) is 0.273. The molecule has 1 aromatic rings. The van der Waals surface area contributed by atoms with Crippen LogP contribution in [0.25, 0.3) is 5.57 Å². The van der Waals surface area contributed by atoms with Gasteiger partial charge in [0, 0.05) is 0 Å². The van der Waals surface area contributed by atoms with Gasteiger partial charge in [0.25, 0.3) is 0 Å². The zero-order valence-electron chi connectivity index (χ0n) is 8.10. The van der Waals surface area contributed by atoms with Crippen LogP contribution in [-0.2, 0) is 0 Å². The monoisotopic (exact) mass is 188 g/mol. The first-order chi connectivity index (χ1) is 6.90. The first-order valence-corrected chi connectivity index (χ1v) is 4.60. The van der Waals surface area contributed by atoms with Gasteiger partial charge >= 0.3 is 0 Å². The molecule has 0 unspecified atom stereocenters. The van der Waals surface area contributed by atoms with Gasteiger partial charge in [0.2, 0.25) is 0 Å². The molecule has 0 saturated heterocycles. The summed E-state index contributed by atoms with van der Waals surface area (Å²) in [5, 5.41) is 7.82. The predicted octanol–water partition coefficient (Wildman–Crippen LogP) is 2.89. The van der Waals surface area contributed by atoms with E-state index in [9.17, 15) is 0 Å². The topological polar surface area (TPSA) is 34.0 Å². The zero-order valence-corrected chi connectivity index (χ0v) is 8.10. The molecule has 3 heteroatoms. The SMILES string of the molecule is COc1ccc(C2=CN=NCC2)cc1. The highest BCUT2D eigenvalue weighted by molar-refractivity contribution is 5.66. The first kappa shape index (κ1) is 8.94. The Morgan fingerprint density at radius 2 is 2.00 bits per heavy atom. The smallest absolute Gasteiger partial charge is 0.118 e. The Hall–Kier alpha value is -1.64.